The van der Waals surface area contributed by atoms with E-state index in [-0.39, 0.29) is 0 Å². The van der Waals surface area contributed by atoms with Gasteiger partial charge in [0.15, 0.2) is 0 Å². The van der Waals surface area contributed by atoms with Crippen LogP contribution in [0.5, 0.6) is 0 Å². The Bertz CT molecular complexity index is 785. The van der Waals surface area contributed by atoms with Crippen molar-refractivity contribution in [1.29, 1.82) is 0 Å². The summed E-state index contributed by atoms with van der Waals surface area (Å²) >= 11 is 1.64. The molecule has 0 fully saturated rings. The van der Waals surface area contributed by atoms with E-state index in [0.29, 0.717) is 5.92 Å². The first-order valence-electron chi connectivity index (χ1n) is 9.99. The molecular weight excluding hydrogens is 348 g/mol. The molecule has 0 radical (unpaired) electrons. The third kappa shape index (κ3) is 5.20. The zero-order valence-electron chi connectivity index (χ0n) is 16.7. The smallest absolute Gasteiger partial charge is 0.0811 e. The molecule has 0 unspecified atom stereocenters. The first-order chi connectivity index (χ1) is 13.2. The Hall–Kier alpha value is -2.13. The van der Waals surface area contributed by atoms with Crippen LogP contribution < -0.4 is 4.90 Å². The van der Waals surface area contributed by atoms with Gasteiger partial charge in [0.05, 0.1) is 11.2 Å². The Kier molecular flexibility index (Phi) is 7.05. The lowest BCUT2D eigenvalue weighted by atomic mass is 9.90. The Morgan fingerprint density at radius 2 is 1.59 bits per heavy atom. The fourth-order valence-corrected chi connectivity index (χ4v) is 4.24. The van der Waals surface area contributed by atoms with Crippen LogP contribution in [-0.4, -0.2) is 12.0 Å². The van der Waals surface area contributed by atoms with Crippen molar-refractivity contribution in [2.75, 3.05) is 11.9 Å². The number of thiazole rings is 1. The lowest BCUT2D eigenvalue weighted by Crippen LogP contribution is -2.16. The van der Waals surface area contributed by atoms with Crippen LogP contribution in [0.3, 0.4) is 0 Å². The largest absolute Gasteiger partial charge is 0.370 e. The van der Waals surface area contributed by atoms with Gasteiger partial charge in [-0.1, -0.05) is 63.1 Å². The number of hydrogen-bond donors (Lipinski definition) is 0. The van der Waals surface area contributed by atoms with Gasteiger partial charge in [0.1, 0.15) is 0 Å². The Morgan fingerprint density at radius 3 is 2.15 bits per heavy atom. The molecule has 27 heavy (non-hydrogen) atoms. The van der Waals surface area contributed by atoms with Gasteiger partial charge in [-0.2, -0.15) is 0 Å². The number of rotatable bonds is 9. The van der Waals surface area contributed by atoms with Gasteiger partial charge in [-0.15, -0.1) is 11.3 Å². The lowest BCUT2D eigenvalue weighted by Gasteiger charge is -2.21. The Balaban J connectivity index is 1.64. The van der Waals surface area contributed by atoms with Gasteiger partial charge in [0.25, 0.3) is 0 Å². The van der Waals surface area contributed by atoms with Gasteiger partial charge in [-0.3, -0.25) is 0 Å². The van der Waals surface area contributed by atoms with Crippen LogP contribution in [0.4, 0.5) is 5.69 Å². The summed E-state index contributed by atoms with van der Waals surface area (Å²) in [6, 6.07) is 18.0. The molecule has 1 aromatic heterocycles. The molecule has 0 spiro atoms. The summed E-state index contributed by atoms with van der Waals surface area (Å²) < 4.78 is 0. The van der Waals surface area contributed by atoms with Crippen molar-refractivity contribution in [2.45, 2.75) is 52.0 Å². The van der Waals surface area contributed by atoms with Crippen LogP contribution >= 0.6 is 11.3 Å². The van der Waals surface area contributed by atoms with Gasteiger partial charge < -0.3 is 4.90 Å². The van der Waals surface area contributed by atoms with E-state index >= 15 is 0 Å². The average Bonchev–Trinajstić information content (AvgIpc) is 3.23. The molecule has 3 rings (SSSR count). The predicted octanol–water partition coefficient (Wildman–Crippen LogP) is 7.13. The summed E-state index contributed by atoms with van der Waals surface area (Å²) in [5.74, 6) is 0.706. The van der Waals surface area contributed by atoms with Gasteiger partial charge in [-0.05, 0) is 42.0 Å². The molecule has 0 saturated carbocycles. The van der Waals surface area contributed by atoms with Gasteiger partial charge in [-0.25, -0.2) is 4.98 Å². The molecule has 2 nitrogen and oxygen atoms in total. The maximum Gasteiger partial charge on any atom is 0.0811 e. The second kappa shape index (κ2) is 9.70. The molecule has 0 aliphatic heterocycles. The molecule has 1 heterocycles. The Labute approximate surface area is 167 Å². The van der Waals surface area contributed by atoms with E-state index in [0.717, 1.165) is 12.2 Å². The van der Waals surface area contributed by atoms with Gasteiger partial charge >= 0.3 is 0 Å². The third-order valence-corrected chi connectivity index (χ3v) is 5.77. The highest BCUT2D eigenvalue weighted by Gasteiger charge is 2.10. The fourth-order valence-electron chi connectivity index (χ4n) is 3.68. The normalized spacial score (nSPS) is 11.1. The molecule has 142 valence electrons. The minimum absolute atomic E-state index is 0.706. The monoisotopic (exact) mass is 378 g/mol. The van der Waals surface area contributed by atoms with Crippen LogP contribution in [0.1, 0.15) is 56.6 Å². The second-order valence-corrected chi connectivity index (χ2v) is 8.01. The van der Waals surface area contributed by atoms with Crippen molar-refractivity contribution in [1.82, 2.24) is 4.98 Å². The van der Waals surface area contributed by atoms with Crippen molar-refractivity contribution >= 4 is 17.0 Å². The molecule has 0 aliphatic rings. The summed E-state index contributed by atoms with van der Waals surface area (Å²) in [4.78, 5) is 6.70. The zero-order valence-corrected chi connectivity index (χ0v) is 17.5. The first-order valence-corrected chi connectivity index (χ1v) is 10.9. The van der Waals surface area contributed by atoms with E-state index in [1.54, 1.807) is 11.3 Å². The van der Waals surface area contributed by atoms with Gasteiger partial charge in [0, 0.05) is 30.2 Å². The average molecular weight is 379 g/mol. The van der Waals surface area contributed by atoms with Crippen LogP contribution in [0, 0.1) is 0 Å². The maximum atomic E-state index is 4.38. The van der Waals surface area contributed by atoms with Crippen molar-refractivity contribution in [3.8, 4) is 11.3 Å². The van der Waals surface area contributed by atoms with Crippen LogP contribution in [0.25, 0.3) is 11.3 Å². The number of nitrogens with zero attached hydrogens (tertiary/aromatic N) is 2. The van der Waals surface area contributed by atoms with Crippen molar-refractivity contribution in [2.24, 2.45) is 0 Å². The van der Waals surface area contributed by atoms with E-state index in [9.17, 15) is 0 Å². The molecule has 0 bridgehead atoms. The van der Waals surface area contributed by atoms with Crippen LogP contribution in [-0.2, 0) is 6.54 Å². The molecule has 0 atom stereocenters. The van der Waals surface area contributed by atoms with E-state index in [2.05, 4.69) is 84.7 Å². The summed E-state index contributed by atoms with van der Waals surface area (Å²) in [7, 11) is 2.17. The second-order valence-electron chi connectivity index (χ2n) is 7.29. The Morgan fingerprint density at radius 1 is 0.926 bits per heavy atom. The maximum absolute atomic E-state index is 4.38. The molecule has 0 aliphatic carbocycles. The highest BCUT2D eigenvalue weighted by Crippen LogP contribution is 2.28. The summed E-state index contributed by atoms with van der Waals surface area (Å²) in [6.07, 6.45) is 5.08. The molecule has 0 saturated heterocycles. The van der Waals surface area contributed by atoms with Gasteiger partial charge in [0.2, 0.25) is 0 Å². The van der Waals surface area contributed by atoms with E-state index < -0.39 is 0 Å². The van der Waals surface area contributed by atoms with Crippen LogP contribution in [0.2, 0.25) is 0 Å². The third-order valence-electron chi connectivity index (χ3n) is 5.18. The number of hydrogen-bond acceptors (Lipinski definition) is 3. The summed E-state index contributed by atoms with van der Waals surface area (Å²) in [5, 5.41) is 2.09. The van der Waals surface area contributed by atoms with Crippen LogP contribution in [0.15, 0.2) is 59.4 Å². The van der Waals surface area contributed by atoms with Crippen molar-refractivity contribution in [3.05, 3.63) is 70.5 Å². The topological polar surface area (TPSA) is 16.1 Å². The molecular formula is C24H30N2S. The molecule has 3 aromatic rings. The highest BCUT2D eigenvalue weighted by atomic mass is 32.1. The lowest BCUT2D eigenvalue weighted by molar-refractivity contribution is 0.561. The first kappa shape index (κ1) is 19.6. The standard InChI is InChI=1S/C24H30N2S/c1-4-6-20(7-5-2)21-12-14-23(15-13-21)26(3)16-19-8-10-22(11-9-19)24-17-27-18-25-24/h8-15,17-18,20H,4-7,16H2,1-3H3. The predicted molar refractivity (Wildman–Crippen MR) is 119 cm³/mol. The van der Waals surface area contributed by atoms with E-state index in [1.807, 2.05) is 5.51 Å². The van der Waals surface area contributed by atoms with E-state index in [4.69, 9.17) is 0 Å². The number of anilines is 1. The minimum Gasteiger partial charge on any atom is -0.370 e. The fraction of sp³-hybridized carbons (Fsp3) is 0.375. The van der Waals surface area contributed by atoms with Crippen molar-refractivity contribution in [3.63, 3.8) is 0 Å². The SMILES string of the molecule is CCCC(CCC)c1ccc(N(C)Cc2ccc(-c3cscn3)cc2)cc1. The molecule has 3 heteroatoms. The highest BCUT2D eigenvalue weighted by molar-refractivity contribution is 7.07. The summed E-state index contributed by atoms with van der Waals surface area (Å²) in [6.45, 7) is 5.47. The zero-order chi connectivity index (χ0) is 19.1. The molecule has 0 N–H and O–H groups in total. The summed E-state index contributed by atoms with van der Waals surface area (Å²) in [5.41, 5.74) is 8.20. The number of aromatic nitrogens is 1. The minimum atomic E-state index is 0.706. The quantitative estimate of drug-likeness (QED) is 0.394. The van der Waals surface area contributed by atoms with Crippen molar-refractivity contribution < 1.29 is 0 Å². The molecule has 2 aromatic carbocycles. The number of benzene rings is 2. The van der Waals surface area contributed by atoms with E-state index in [1.165, 1.54) is 48.1 Å². The molecule has 0 amide bonds.